The van der Waals surface area contributed by atoms with E-state index in [4.69, 9.17) is 4.74 Å². The van der Waals surface area contributed by atoms with E-state index >= 15 is 0 Å². The average molecular weight is 482 g/mol. The molecule has 0 saturated carbocycles. The summed E-state index contributed by atoms with van der Waals surface area (Å²) in [6.45, 7) is 4.89. The number of amides is 1. The molecule has 4 rings (SSSR count). The van der Waals surface area contributed by atoms with Gasteiger partial charge in [-0.25, -0.2) is 9.37 Å². The highest BCUT2D eigenvalue weighted by Gasteiger charge is 2.21. The summed E-state index contributed by atoms with van der Waals surface area (Å²) in [7, 11) is 0. The smallest absolute Gasteiger partial charge is 0.239 e. The molecule has 0 bridgehead atoms. The Hall–Kier alpha value is -1.71. The summed E-state index contributed by atoms with van der Waals surface area (Å²) in [5, 5.41) is 0.635. The van der Waals surface area contributed by atoms with Gasteiger partial charge in [0.15, 0.2) is 5.13 Å². The molecule has 0 N–H and O–H groups in total. The molecule has 9 heteroatoms. The van der Waals surface area contributed by atoms with Gasteiger partial charge < -0.3 is 4.74 Å². The topological polar surface area (TPSA) is 45.7 Å². The van der Waals surface area contributed by atoms with Crippen LogP contribution in [0.1, 0.15) is 6.42 Å². The maximum Gasteiger partial charge on any atom is 0.239 e. The number of hydrogen-bond acceptors (Lipinski definition) is 6. The molecule has 166 valence electrons. The number of thioether (sulfide) groups is 1. The maximum atomic E-state index is 13.6. The Morgan fingerprint density at radius 1 is 1.19 bits per heavy atom. The molecule has 2 aromatic carbocycles. The van der Waals surface area contributed by atoms with Crippen LogP contribution < -0.4 is 4.90 Å². The summed E-state index contributed by atoms with van der Waals surface area (Å²) in [6.07, 6.45) is 0.853. The van der Waals surface area contributed by atoms with Crippen molar-refractivity contribution in [3.05, 3.63) is 54.3 Å². The average Bonchev–Trinajstić information content (AvgIpc) is 3.19. The highest BCUT2D eigenvalue weighted by molar-refractivity contribution is 8.00. The lowest BCUT2D eigenvalue weighted by Crippen LogP contribution is -2.39. The Morgan fingerprint density at radius 3 is 2.74 bits per heavy atom. The number of thiazole rings is 1. The van der Waals surface area contributed by atoms with Crippen LogP contribution in [0.3, 0.4) is 0 Å². The highest BCUT2D eigenvalue weighted by Crippen LogP contribution is 2.30. The molecular formula is C22H25ClFN3O2S2. The summed E-state index contributed by atoms with van der Waals surface area (Å²) >= 11 is 2.89. The van der Waals surface area contributed by atoms with E-state index in [9.17, 15) is 9.18 Å². The third kappa shape index (κ3) is 6.63. The molecule has 3 aromatic rings. The fourth-order valence-electron chi connectivity index (χ4n) is 3.35. The number of halogens is 2. The molecular weight excluding hydrogens is 457 g/mol. The molecule has 0 atom stereocenters. The number of benzene rings is 2. The van der Waals surface area contributed by atoms with Gasteiger partial charge in [-0.1, -0.05) is 29.5 Å². The number of fused-ring (bicyclic) bond motifs is 1. The van der Waals surface area contributed by atoms with Crippen LogP contribution in [-0.4, -0.2) is 60.9 Å². The van der Waals surface area contributed by atoms with Crippen LogP contribution in [0.25, 0.3) is 10.2 Å². The summed E-state index contributed by atoms with van der Waals surface area (Å²) in [5.41, 5.74) is 0.720. The maximum absolute atomic E-state index is 13.6. The standard InChI is InChI=1S/C22H24FN3O2S2.ClH/c23-17-7-8-19-20(15-17)30-22(24-19)26(10-4-9-25-11-13-28-14-12-25)21(27)16-29-18-5-2-1-3-6-18;/h1-3,5-8,15H,4,9-14,16H2;1H. The van der Waals surface area contributed by atoms with E-state index in [1.165, 1.54) is 35.2 Å². The van der Waals surface area contributed by atoms with Gasteiger partial charge in [0.25, 0.3) is 0 Å². The van der Waals surface area contributed by atoms with E-state index < -0.39 is 0 Å². The summed E-state index contributed by atoms with van der Waals surface area (Å²) < 4.78 is 19.8. The number of hydrogen-bond donors (Lipinski definition) is 0. The first kappa shape index (κ1) is 23.9. The predicted octanol–water partition coefficient (Wildman–Crippen LogP) is 4.70. The zero-order valence-corrected chi connectivity index (χ0v) is 19.5. The minimum atomic E-state index is -0.289. The number of morpholine rings is 1. The number of ether oxygens (including phenoxy) is 1. The van der Waals surface area contributed by atoms with Crippen LogP contribution >= 0.6 is 35.5 Å². The summed E-state index contributed by atoms with van der Waals surface area (Å²) in [6, 6.07) is 14.4. The Balaban J connectivity index is 0.00000272. The van der Waals surface area contributed by atoms with Crippen molar-refractivity contribution in [2.45, 2.75) is 11.3 Å². The molecule has 0 radical (unpaired) electrons. The molecule has 0 unspecified atom stereocenters. The van der Waals surface area contributed by atoms with E-state index in [1.807, 2.05) is 30.3 Å². The first-order valence-corrected chi connectivity index (χ1v) is 11.8. The molecule has 1 saturated heterocycles. The highest BCUT2D eigenvalue weighted by atomic mass is 35.5. The largest absolute Gasteiger partial charge is 0.379 e. The summed E-state index contributed by atoms with van der Waals surface area (Å²) in [5.74, 6) is 0.0687. The number of rotatable bonds is 8. The minimum Gasteiger partial charge on any atom is -0.379 e. The van der Waals surface area contributed by atoms with Crippen molar-refractivity contribution in [2.24, 2.45) is 0 Å². The van der Waals surface area contributed by atoms with E-state index in [0.29, 0.717) is 17.4 Å². The van der Waals surface area contributed by atoms with Crippen LogP contribution in [-0.2, 0) is 9.53 Å². The molecule has 1 aromatic heterocycles. The monoisotopic (exact) mass is 481 g/mol. The first-order valence-electron chi connectivity index (χ1n) is 10.0. The molecule has 1 aliphatic heterocycles. The van der Waals surface area contributed by atoms with Crippen molar-refractivity contribution >= 4 is 56.8 Å². The number of carbonyl (C=O) groups is 1. The van der Waals surface area contributed by atoms with Crippen LogP contribution in [0.15, 0.2) is 53.4 Å². The van der Waals surface area contributed by atoms with Crippen molar-refractivity contribution < 1.29 is 13.9 Å². The van der Waals surface area contributed by atoms with E-state index in [1.54, 1.807) is 11.0 Å². The van der Waals surface area contributed by atoms with Crippen LogP contribution in [0, 0.1) is 5.82 Å². The van der Waals surface area contributed by atoms with E-state index in [2.05, 4.69) is 9.88 Å². The third-order valence-electron chi connectivity index (χ3n) is 4.94. The fourth-order valence-corrected chi connectivity index (χ4v) is 5.17. The number of aromatic nitrogens is 1. The first-order chi connectivity index (χ1) is 14.7. The van der Waals surface area contributed by atoms with Crippen LogP contribution in [0.5, 0.6) is 0 Å². The zero-order valence-electron chi connectivity index (χ0n) is 17.0. The van der Waals surface area contributed by atoms with Gasteiger partial charge in [0, 0.05) is 31.1 Å². The normalized spacial score (nSPS) is 14.4. The van der Waals surface area contributed by atoms with E-state index in [0.717, 1.165) is 54.4 Å². The number of carbonyl (C=O) groups excluding carboxylic acids is 1. The Labute approximate surface area is 196 Å². The molecule has 31 heavy (non-hydrogen) atoms. The third-order valence-corrected chi connectivity index (χ3v) is 6.97. The predicted molar refractivity (Wildman–Crippen MR) is 128 cm³/mol. The van der Waals surface area contributed by atoms with Crippen molar-refractivity contribution in [2.75, 3.05) is 50.0 Å². The number of nitrogens with zero attached hydrogens (tertiary/aromatic N) is 3. The van der Waals surface area contributed by atoms with Gasteiger partial charge in [-0.15, -0.1) is 24.2 Å². The lowest BCUT2D eigenvalue weighted by molar-refractivity contribution is -0.116. The molecule has 2 heterocycles. The Kier molecular flexibility index (Phi) is 9.10. The molecule has 1 fully saturated rings. The minimum absolute atomic E-state index is 0. The SMILES string of the molecule is Cl.O=C(CSc1ccccc1)N(CCCN1CCOCC1)c1nc2ccc(F)cc2s1. The van der Waals surface area contributed by atoms with Gasteiger partial charge >= 0.3 is 0 Å². The molecule has 5 nitrogen and oxygen atoms in total. The molecule has 0 aliphatic carbocycles. The van der Waals surface area contributed by atoms with Crippen LogP contribution in [0.4, 0.5) is 9.52 Å². The van der Waals surface area contributed by atoms with Crippen molar-refractivity contribution in [1.82, 2.24) is 9.88 Å². The Bertz CT molecular complexity index is 983. The zero-order chi connectivity index (χ0) is 20.8. The van der Waals surface area contributed by atoms with Crippen molar-refractivity contribution in [1.29, 1.82) is 0 Å². The number of anilines is 1. The summed E-state index contributed by atoms with van der Waals surface area (Å²) in [4.78, 5) is 22.9. The Morgan fingerprint density at radius 2 is 1.97 bits per heavy atom. The van der Waals surface area contributed by atoms with Gasteiger partial charge in [0.05, 0.1) is 29.2 Å². The van der Waals surface area contributed by atoms with Gasteiger partial charge in [-0.05, 0) is 36.8 Å². The quantitative estimate of drug-likeness (QED) is 0.436. The molecule has 0 spiro atoms. The lowest BCUT2D eigenvalue weighted by Gasteiger charge is -2.27. The second kappa shape index (κ2) is 11.8. The van der Waals surface area contributed by atoms with Gasteiger partial charge in [0.1, 0.15) is 5.82 Å². The van der Waals surface area contributed by atoms with Gasteiger partial charge in [-0.2, -0.15) is 0 Å². The van der Waals surface area contributed by atoms with Gasteiger partial charge in [0.2, 0.25) is 5.91 Å². The fraction of sp³-hybridized carbons (Fsp3) is 0.364. The van der Waals surface area contributed by atoms with Crippen molar-refractivity contribution in [3.8, 4) is 0 Å². The van der Waals surface area contributed by atoms with Gasteiger partial charge in [-0.3, -0.25) is 14.6 Å². The lowest BCUT2D eigenvalue weighted by atomic mass is 10.3. The van der Waals surface area contributed by atoms with E-state index in [-0.39, 0.29) is 24.1 Å². The van der Waals surface area contributed by atoms with Crippen molar-refractivity contribution in [3.63, 3.8) is 0 Å². The second-order valence-electron chi connectivity index (χ2n) is 7.06. The molecule has 1 amide bonds. The second-order valence-corrected chi connectivity index (χ2v) is 9.12. The van der Waals surface area contributed by atoms with Crippen LogP contribution in [0.2, 0.25) is 0 Å². The molecule has 1 aliphatic rings.